The lowest BCUT2D eigenvalue weighted by Crippen LogP contribution is -2.60. The Balaban J connectivity index is 1.39. The normalized spacial score (nSPS) is 37.6. The fourth-order valence-electron chi connectivity index (χ4n) is 8.22. The van der Waals surface area contributed by atoms with Gasteiger partial charge < -0.3 is 24.4 Å². The van der Waals surface area contributed by atoms with Gasteiger partial charge in [-0.1, -0.05) is 44.2 Å². The molecule has 1 aromatic rings. The molecule has 0 aromatic heterocycles. The van der Waals surface area contributed by atoms with E-state index in [0.717, 1.165) is 44.4 Å². The van der Waals surface area contributed by atoms with Gasteiger partial charge in [0.15, 0.2) is 11.5 Å². The van der Waals surface area contributed by atoms with Crippen molar-refractivity contribution in [1.82, 2.24) is 4.90 Å². The van der Waals surface area contributed by atoms with Crippen LogP contribution in [0.1, 0.15) is 57.4 Å². The predicted molar refractivity (Wildman–Crippen MR) is 141 cm³/mol. The number of allylic oxidation sites excluding steroid dienone is 1. The Morgan fingerprint density at radius 2 is 1.95 bits per heavy atom. The van der Waals surface area contributed by atoms with Crippen LogP contribution in [-0.2, 0) is 19.0 Å². The maximum absolute atomic E-state index is 12.4. The van der Waals surface area contributed by atoms with Gasteiger partial charge >= 0.3 is 5.97 Å². The van der Waals surface area contributed by atoms with Crippen molar-refractivity contribution in [3.63, 3.8) is 0 Å². The summed E-state index contributed by atoms with van der Waals surface area (Å²) in [5.74, 6) is 2.96. The van der Waals surface area contributed by atoms with Crippen molar-refractivity contribution in [1.29, 1.82) is 0 Å². The van der Waals surface area contributed by atoms with Gasteiger partial charge in [0.1, 0.15) is 11.3 Å². The lowest BCUT2D eigenvalue weighted by Gasteiger charge is -2.52. The van der Waals surface area contributed by atoms with Crippen LogP contribution in [0.15, 0.2) is 65.0 Å². The van der Waals surface area contributed by atoms with Gasteiger partial charge in [0, 0.05) is 30.5 Å². The Hall–Kier alpha value is -2.61. The Kier molecular flexibility index (Phi) is 6.87. The molecule has 6 rings (SSSR count). The van der Waals surface area contributed by atoms with E-state index in [-0.39, 0.29) is 47.1 Å². The molecule has 0 unspecified atom stereocenters. The SMILES string of the molecule is CC[C@H](O)[C@H]1[C@H]2CC[C@@H](c3ccccc3)[C@@H]2C[C@@H]2[C@@H]3C(=CCCN12)OC(=C1OC(=O)C(CO)=C1OC)[C@H]3C. The third-order valence-electron chi connectivity index (χ3n) is 9.84. The highest BCUT2D eigenvalue weighted by Crippen LogP contribution is 2.57. The number of ether oxygens (including phenoxy) is 3. The first-order chi connectivity index (χ1) is 18.5. The smallest absolute Gasteiger partial charge is 0.345 e. The maximum Gasteiger partial charge on any atom is 0.345 e. The molecule has 5 aliphatic rings. The zero-order chi connectivity index (χ0) is 26.6. The molecule has 7 nitrogen and oxygen atoms in total. The van der Waals surface area contributed by atoms with Crippen molar-refractivity contribution < 1.29 is 29.2 Å². The number of aliphatic hydroxyl groups excluding tert-OH is 2. The second-order valence-corrected chi connectivity index (χ2v) is 11.5. The maximum atomic E-state index is 12.4. The Bertz CT molecular complexity index is 1170. The number of esters is 1. The minimum absolute atomic E-state index is 0.0506. The first-order valence-electron chi connectivity index (χ1n) is 14.2. The molecule has 8 atom stereocenters. The number of piperidine rings is 1. The number of aliphatic hydroxyl groups is 2. The van der Waals surface area contributed by atoms with Gasteiger partial charge in [-0.15, -0.1) is 0 Å². The van der Waals surface area contributed by atoms with Crippen LogP contribution in [0, 0.1) is 23.7 Å². The molecule has 0 amide bonds. The first kappa shape index (κ1) is 25.7. The van der Waals surface area contributed by atoms with Gasteiger partial charge in [0.05, 0.1) is 19.8 Å². The highest BCUT2D eigenvalue weighted by atomic mass is 16.6. The fraction of sp³-hybridized carbons (Fsp3) is 0.581. The summed E-state index contributed by atoms with van der Waals surface area (Å²) in [6.07, 6.45) is 6.74. The van der Waals surface area contributed by atoms with Gasteiger partial charge in [-0.25, -0.2) is 4.79 Å². The number of hydrogen-bond acceptors (Lipinski definition) is 7. The molecule has 0 bridgehead atoms. The molecule has 0 radical (unpaired) electrons. The van der Waals surface area contributed by atoms with E-state index in [1.165, 1.54) is 12.7 Å². The van der Waals surface area contributed by atoms with Gasteiger partial charge in [-0.05, 0) is 61.5 Å². The van der Waals surface area contributed by atoms with E-state index >= 15 is 0 Å². The lowest BCUT2D eigenvalue weighted by molar-refractivity contribution is -0.133. The summed E-state index contributed by atoms with van der Waals surface area (Å²) >= 11 is 0. The number of fused-ring (bicyclic) bond motifs is 4. The van der Waals surface area contributed by atoms with Crippen LogP contribution in [0.3, 0.4) is 0 Å². The molecule has 0 spiro atoms. The largest absolute Gasteiger partial charge is 0.492 e. The predicted octanol–water partition coefficient (Wildman–Crippen LogP) is 4.24. The van der Waals surface area contributed by atoms with Crippen LogP contribution in [0.4, 0.5) is 0 Å². The zero-order valence-corrected chi connectivity index (χ0v) is 22.5. The Morgan fingerprint density at radius 1 is 1.16 bits per heavy atom. The van der Waals surface area contributed by atoms with Crippen LogP contribution in [0.25, 0.3) is 0 Å². The number of nitrogens with zero attached hydrogens (tertiary/aromatic N) is 1. The van der Waals surface area contributed by atoms with E-state index in [2.05, 4.69) is 55.2 Å². The summed E-state index contributed by atoms with van der Waals surface area (Å²) in [5, 5.41) is 21.1. The molecule has 3 fully saturated rings. The van der Waals surface area contributed by atoms with E-state index in [1.807, 2.05) is 0 Å². The van der Waals surface area contributed by atoms with Gasteiger partial charge in [0.2, 0.25) is 5.76 Å². The molecule has 2 saturated heterocycles. The molecule has 4 aliphatic heterocycles. The zero-order valence-electron chi connectivity index (χ0n) is 22.5. The molecule has 1 saturated carbocycles. The number of hydrogen-bond donors (Lipinski definition) is 2. The molecule has 7 heteroatoms. The Morgan fingerprint density at radius 3 is 2.66 bits per heavy atom. The Labute approximate surface area is 224 Å². The number of carbonyl (C=O) groups is 1. The summed E-state index contributed by atoms with van der Waals surface area (Å²) < 4.78 is 17.6. The van der Waals surface area contributed by atoms with Gasteiger partial charge in [-0.2, -0.15) is 0 Å². The number of cyclic esters (lactones) is 1. The van der Waals surface area contributed by atoms with Crippen LogP contribution in [-0.4, -0.2) is 59.5 Å². The van der Waals surface area contributed by atoms with Crippen LogP contribution < -0.4 is 0 Å². The summed E-state index contributed by atoms with van der Waals surface area (Å²) in [7, 11) is 1.48. The molecular weight excluding hydrogens is 482 g/mol. The average molecular weight is 522 g/mol. The molecule has 2 N–H and O–H groups in total. The minimum atomic E-state index is -0.589. The highest BCUT2D eigenvalue weighted by molar-refractivity contribution is 5.94. The third-order valence-corrected chi connectivity index (χ3v) is 9.84. The number of carbonyl (C=O) groups excluding carboxylic acids is 1. The molecule has 4 heterocycles. The van der Waals surface area contributed by atoms with E-state index in [0.29, 0.717) is 23.5 Å². The molecule has 1 aliphatic carbocycles. The van der Waals surface area contributed by atoms with Crippen LogP contribution >= 0.6 is 0 Å². The first-order valence-corrected chi connectivity index (χ1v) is 14.2. The summed E-state index contributed by atoms with van der Waals surface area (Å²) in [6.45, 7) is 4.68. The number of methoxy groups -OCH3 is 1. The van der Waals surface area contributed by atoms with Crippen molar-refractivity contribution in [2.75, 3.05) is 20.3 Å². The highest BCUT2D eigenvalue weighted by Gasteiger charge is 2.56. The monoisotopic (exact) mass is 521 g/mol. The average Bonchev–Trinajstić information content (AvgIpc) is 3.56. The fourth-order valence-corrected chi connectivity index (χ4v) is 8.22. The van der Waals surface area contributed by atoms with Crippen molar-refractivity contribution in [3.8, 4) is 0 Å². The quantitative estimate of drug-likeness (QED) is 0.561. The van der Waals surface area contributed by atoms with Crippen molar-refractivity contribution in [3.05, 3.63) is 70.6 Å². The second-order valence-electron chi connectivity index (χ2n) is 11.5. The standard InChI is InChI=1S/C31H39NO6/c1-4-24(34)27-20-13-12-19(18-9-6-5-7-10-18)21(20)15-23-26-17(2)28(37-25(26)11-8-14-32(23)27)30-29(36-3)22(16-33)31(35)38-30/h5-7,9-11,17,19-21,23-24,26-27,33-34H,4,8,12-16H2,1-3H3/t17-,19-,20-,21-,23+,24-,26+,27+/m0/s1. The van der Waals surface area contributed by atoms with E-state index in [1.54, 1.807) is 0 Å². The second kappa shape index (κ2) is 10.2. The molecular formula is C31H39NO6. The van der Waals surface area contributed by atoms with Gasteiger partial charge in [-0.3, -0.25) is 4.90 Å². The van der Waals surface area contributed by atoms with E-state index < -0.39 is 12.6 Å². The molecule has 1 aromatic carbocycles. The molecule has 38 heavy (non-hydrogen) atoms. The van der Waals surface area contributed by atoms with E-state index in [4.69, 9.17) is 14.2 Å². The summed E-state index contributed by atoms with van der Waals surface area (Å²) in [6, 6.07) is 11.2. The topological polar surface area (TPSA) is 88.5 Å². The minimum Gasteiger partial charge on any atom is -0.492 e. The van der Waals surface area contributed by atoms with Crippen LogP contribution in [0.2, 0.25) is 0 Å². The number of benzene rings is 1. The van der Waals surface area contributed by atoms with Crippen LogP contribution in [0.5, 0.6) is 0 Å². The summed E-state index contributed by atoms with van der Waals surface area (Å²) in [4.78, 5) is 15.0. The van der Waals surface area contributed by atoms with E-state index in [9.17, 15) is 15.0 Å². The lowest BCUT2D eigenvalue weighted by atomic mass is 9.68. The number of rotatable bonds is 5. The summed E-state index contributed by atoms with van der Waals surface area (Å²) in [5.41, 5.74) is 1.53. The van der Waals surface area contributed by atoms with Crippen molar-refractivity contribution >= 4 is 5.97 Å². The third kappa shape index (κ3) is 3.93. The van der Waals surface area contributed by atoms with Crippen molar-refractivity contribution in [2.24, 2.45) is 23.7 Å². The van der Waals surface area contributed by atoms with Gasteiger partial charge in [0.25, 0.3) is 0 Å². The van der Waals surface area contributed by atoms with Crippen molar-refractivity contribution in [2.45, 2.75) is 70.1 Å². The molecule has 204 valence electrons.